The molecule has 1 heterocycles. The monoisotopic (exact) mass is 286 g/mol. The zero-order chi connectivity index (χ0) is 15.4. The number of para-hydroxylation sites is 1. The average molecular weight is 286 g/mol. The molecular weight excluding hydrogens is 264 g/mol. The summed E-state index contributed by atoms with van der Waals surface area (Å²) in [6.07, 6.45) is 3.57. The predicted molar refractivity (Wildman–Crippen MR) is 85.9 cm³/mol. The summed E-state index contributed by atoms with van der Waals surface area (Å²) in [6, 6.07) is 7.83. The van der Waals surface area contributed by atoms with Gasteiger partial charge in [-0.25, -0.2) is 4.79 Å². The van der Waals surface area contributed by atoms with Crippen LogP contribution in [0.2, 0.25) is 0 Å². The minimum atomic E-state index is -0.951. The van der Waals surface area contributed by atoms with E-state index >= 15 is 0 Å². The Hall–Kier alpha value is -2.10. The zero-order valence-electron chi connectivity index (χ0n) is 12.8. The highest BCUT2D eigenvalue weighted by atomic mass is 16.4. The zero-order valence-corrected chi connectivity index (χ0v) is 12.8. The lowest BCUT2D eigenvalue weighted by molar-refractivity contribution is 0.0697. The highest BCUT2D eigenvalue weighted by Crippen LogP contribution is 2.28. The standard InChI is InChI=1S/C17H22N2O2/c1-4-12(5-2)11(3)19-16-13-8-6-7-9-15(13)18-10-14(16)17(20)21/h6-12H,4-5H2,1-3H3,(H,18,19)(H,20,21). The molecule has 2 aromatic rings. The number of hydrogen-bond donors (Lipinski definition) is 2. The summed E-state index contributed by atoms with van der Waals surface area (Å²) >= 11 is 0. The number of nitrogens with one attached hydrogen (secondary N) is 1. The molecule has 4 heteroatoms. The van der Waals surface area contributed by atoms with Crippen LogP contribution in [-0.4, -0.2) is 22.1 Å². The van der Waals surface area contributed by atoms with Crippen LogP contribution in [0.5, 0.6) is 0 Å². The topological polar surface area (TPSA) is 62.2 Å². The van der Waals surface area contributed by atoms with E-state index in [9.17, 15) is 9.90 Å². The summed E-state index contributed by atoms with van der Waals surface area (Å²) in [7, 11) is 0. The van der Waals surface area contributed by atoms with Gasteiger partial charge in [0, 0.05) is 17.6 Å². The second-order valence-corrected chi connectivity index (χ2v) is 5.38. The van der Waals surface area contributed by atoms with Gasteiger partial charge in [-0.1, -0.05) is 44.9 Å². The number of nitrogens with zero attached hydrogens (tertiary/aromatic N) is 1. The molecule has 21 heavy (non-hydrogen) atoms. The maximum Gasteiger partial charge on any atom is 0.339 e. The summed E-state index contributed by atoms with van der Waals surface area (Å²) in [5, 5.41) is 13.7. The van der Waals surface area contributed by atoms with Gasteiger partial charge < -0.3 is 10.4 Å². The minimum Gasteiger partial charge on any atom is -0.478 e. The third-order valence-corrected chi connectivity index (χ3v) is 4.13. The van der Waals surface area contributed by atoms with Crippen molar-refractivity contribution < 1.29 is 9.90 Å². The van der Waals surface area contributed by atoms with Gasteiger partial charge >= 0.3 is 5.97 Å². The van der Waals surface area contributed by atoms with Gasteiger partial charge in [-0.2, -0.15) is 0 Å². The maximum atomic E-state index is 11.5. The molecule has 4 nitrogen and oxygen atoms in total. The van der Waals surface area contributed by atoms with Crippen LogP contribution in [0.4, 0.5) is 5.69 Å². The Kier molecular flexibility index (Phi) is 4.78. The number of pyridine rings is 1. The second kappa shape index (κ2) is 6.57. The van der Waals surface area contributed by atoms with Gasteiger partial charge in [-0.05, 0) is 18.9 Å². The average Bonchev–Trinajstić information content (AvgIpc) is 2.48. The van der Waals surface area contributed by atoms with E-state index < -0.39 is 5.97 Å². The van der Waals surface area contributed by atoms with Gasteiger partial charge in [-0.15, -0.1) is 0 Å². The van der Waals surface area contributed by atoms with Crippen LogP contribution in [-0.2, 0) is 0 Å². The summed E-state index contributed by atoms with van der Waals surface area (Å²) in [4.78, 5) is 15.7. The molecular formula is C17H22N2O2. The summed E-state index contributed by atoms with van der Waals surface area (Å²) in [5.41, 5.74) is 1.71. The molecule has 2 rings (SSSR count). The van der Waals surface area contributed by atoms with Crippen LogP contribution >= 0.6 is 0 Å². The van der Waals surface area contributed by atoms with E-state index in [4.69, 9.17) is 0 Å². The third kappa shape index (κ3) is 3.15. The quantitative estimate of drug-likeness (QED) is 0.836. The Morgan fingerprint density at radius 1 is 1.29 bits per heavy atom. The van der Waals surface area contributed by atoms with Gasteiger partial charge in [0.05, 0.1) is 11.2 Å². The highest BCUT2D eigenvalue weighted by Gasteiger charge is 2.19. The molecule has 0 spiro atoms. The number of hydrogen-bond acceptors (Lipinski definition) is 3. The molecule has 0 aliphatic heterocycles. The Labute approximate surface area is 125 Å². The van der Waals surface area contributed by atoms with Crippen LogP contribution in [0.1, 0.15) is 44.0 Å². The van der Waals surface area contributed by atoms with Gasteiger partial charge in [0.15, 0.2) is 0 Å². The molecule has 0 saturated carbocycles. The molecule has 0 radical (unpaired) electrons. The number of benzene rings is 1. The molecule has 0 fully saturated rings. The van der Waals surface area contributed by atoms with Crippen LogP contribution in [0.15, 0.2) is 30.5 Å². The molecule has 1 unspecified atom stereocenters. The van der Waals surface area contributed by atoms with Crippen molar-refractivity contribution in [2.75, 3.05) is 5.32 Å². The van der Waals surface area contributed by atoms with Crippen molar-refractivity contribution in [3.63, 3.8) is 0 Å². The number of aromatic nitrogens is 1. The first kappa shape index (κ1) is 15.3. The third-order valence-electron chi connectivity index (χ3n) is 4.13. The summed E-state index contributed by atoms with van der Waals surface area (Å²) in [6.45, 7) is 6.43. The van der Waals surface area contributed by atoms with Gasteiger partial charge in [0.2, 0.25) is 0 Å². The van der Waals surface area contributed by atoms with Crippen molar-refractivity contribution in [2.45, 2.75) is 39.7 Å². The van der Waals surface area contributed by atoms with E-state index in [0.29, 0.717) is 11.6 Å². The number of rotatable bonds is 6. The fourth-order valence-corrected chi connectivity index (χ4v) is 2.80. The van der Waals surface area contributed by atoms with E-state index in [0.717, 1.165) is 23.7 Å². The van der Waals surface area contributed by atoms with E-state index in [1.54, 1.807) is 0 Å². The largest absolute Gasteiger partial charge is 0.478 e. The molecule has 2 N–H and O–H groups in total. The Morgan fingerprint density at radius 2 is 1.95 bits per heavy atom. The molecule has 0 amide bonds. The van der Waals surface area contributed by atoms with Crippen LogP contribution in [0, 0.1) is 5.92 Å². The summed E-state index contributed by atoms with van der Waals surface area (Å²) in [5.74, 6) is -0.439. The van der Waals surface area contributed by atoms with Gasteiger partial charge in [0.1, 0.15) is 5.56 Å². The molecule has 0 aliphatic rings. The van der Waals surface area contributed by atoms with Gasteiger partial charge in [-0.3, -0.25) is 4.98 Å². The second-order valence-electron chi connectivity index (χ2n) is 5.38. The van der Waals surface area contributed by atoms with Crippen molar-refractivity contribution >= 4 is 22.6 Å². The van der Waals surface area contributed by atoms with Crippen molar-refractivity contribution in [1.29, 1.82) is 0 Å². The first-order valence-corrected chi connectivity index (χ1v) is 7.46. The lowest BCUT2D eigenvalue weighted by atomic mass is 9.94. The highest BCUT2D eigenvalue weighted by molar-refractivity contribution is 6.04. The number of anilines is 1. The van der Waals surface area contributed by atoms with Crippen molar-refractivity contribution in [3.05, 3.63) is 36.0 Å². The Balaban J connectivity index is 2.49. The molecule has 1 aromatic heterocycles. The predicted octanol–water partition coefficient (Wildman–Crippen LogP) is 4.17. The smallest absolute Gasteiger partial charge is 0.339 e. The molecule has 0 saturated heterocycles. The number of carboxylic acids is 1. The van der Waals surface area contributed by atoms with Crippen LogP contribution < -0.4 is 5.32 Å². The van der Waals surface area contributed by atoms with Crippen LogP contribution in [0.3, 0.4) is 0 Å². The SMILES string of the molecule is CCC(CC)C(C)Nc1c(C(=O)O)cnc2ccccc12. The first-order valence-electron chi connectivity index (χ1n) is 7.46. The Bertz CT molecular complexity index is 636. The molecule has 1 atom stereocenters. The number of carboxylic acid groups (broad SMARTS) is 1. The lowest BCUT2D eigenvalue weighted by Crippen LogP contribution is -2.26. The van der Waals surface area contributed by atoms with Crippen molar-refractivity contribution in [3.8, 4) is 0 Å². The minimum absolute atomic E-state index is 0.212. The van der Waals surface area contributed by atoms with Gasteiger partial charge in [0.25, 0.3) is 0 Å². The number of aromatic carboxylic acids is 1. The van der Waals surface area contributed by atoms with Crippen LogP contribution in [0.25, 0.3) is 10.9 Å². The fraction of sp³-hybridized carbons (Fsp3) is 0.412. The fourth-order valence-electron chi connectivity index (χ4n) is 2.80. The van der Waals surface area contributed by atoms with E-state index in [1.165, 1.54) is 6.20 Å². The van der Waals surface area contributed by atoms with E-state index in [-0.39, 0.29) is 11.6 Å². The lowest BCUT2D eigenvalue weighted by Gasteiger charge is -2.25. The number of fused-ring (bicyclic) bond motifs is 1. The summed E-state index contributed by atoms with van der Waals surface area (Å²) < 4.78 is 0. The molecule has 112 valence electrons. The van der Waals surface area contributed by atoms with E-state index in [1.807, 2.05) is 24.3 Å². The normalized spacial score (nSPS) is 12.6. The van der Waals surface area contributed by atoms with Crippen molar-refractivity contribution in [2.24, 2.45) is 5.92 Å². The molecule has 0 bridgehead atoms. The first-order chi connectivity index (χ1) is 10.1. The molecule has 0 aliphatic carbocycles. The Morgan fingerprint density at radius 3 is 2.57 bits per heavy atom. The number of carbonyl (C=O) groups is 1. The van der Waals surface area contributed by atoms with E-state index in [2.05, 4.69) is 31.1 Å². The van der Waals surface area contributed by atoms with Crippen molar-refractivity contribution in [1.82, 2.24) is 4.98 Å². The molecule has 1 aromatic carbocycles. The maximum absolute atomic E-state index is 11.5.